The smallest absolute Gasteiger partial charge is 0.156 e. The highest BCUT2D eigenvalue weighted by atomic mass is 35.5. The number of aromatic nitrogens is 4. The van der Waals surface area contributed by atoms with E-state index in [0.29, 0.717) is 16.7 Å². The van der Waals surface area contributed by atoms with Crippen molar-refractivity contribution in [1.82, 2.24) is 19.7 Å². The Hall–Kier alpha value is -1.82. The van der Waals surface area contributed by atoms with Crippen LogP contribution >= 0.6 is 11.6 Å². The zero-order valence-corrected chi connectivity index (χ0v) is 8.73. The molecular weight excluding hydrogens is 216 g/mol. The Morgan fingerprint density at radius 3 is 2.93 bits per heavy atom. The molecule has 0 unspecified atom stereocenters. The molecule has 0 atom stereocenters. The van der Waals surface area contributed by atoms with Gasteiger partial charge in [-0.2, -0.15) is 5.10 Å². The van der Waals surface area contributed by atoms with Crippen LogP contribution in [0.4, 0.5) is 17.5 Å². The largest absolute Gasteiger partial charge is 0.382 e. The molecule has 0 saturated carbocycles. The molecule has 0 fully saturated rings. The normalized spacial score (nSPS) is 10.3. The van der Waals surface area contributed by atoms with Crippen molar-refractivity contribution in [3.05, 3.63) is 23.6 Å². The summed E-state index contributed by atoms with van der Waals surface area (Å²) in [7, 11) is 1.82. The first-order chi connectivity index (χ1) is 7.16. The molecular formula is C8H9ClN6. The Morgan fingerprint density at radius 1 is 1.47 bits per heavy atom. The first-order valence-electron chi connectivity index (χ1n) is 4.19. The summed E-state index contributed by atoms with van der Waals surface area (Å²) in [6.07, 6.45) is 3.15. The molecule has 15 heavy (non-hydrogen) atoms. The van der Waals surface area contributed by atoms with Gasteiger partial charge in [0.05, 0.1) is 0 Å². The second kappa shape index (κ2) is 3.74. The number of aryl methyl sites for hydroxylation is 1. The van der Waals surface area contributed by atoms with Crippen LogP contribution in [0.15, 0.2) is 18.6 Å². The topological polar surface area (TPSA) is 81.7 Å². The average Bonchev–Trinajstić information content (AvgIpc) is 2.59. The van der Waals surface area contributed by atoms with E-state index < -0.39 is 0 Å². The van der Waals surface area contributed by atoms with Gasteiger partial charge in [0.1, 0.15) is 17.2 Å². The molecule has 0 saturated heterocycles. The number of nitrogens with zero attached hydrogens (tertiary/aromatic N) is 4. The fourth-order valence-electron chi connectivity index (χ4n) is 1.07. The van der Waals surface area contributed by atoms with E-state index in [1.807, 2.05) is 7.05 Å². The Kier molecular flexibility index (Phi) is 2.42. The predicted molar refractivity (Wildman–Crippen MR) is 57.9 cm³/mol. The number of hydrogen-bond acceptors (Lipinski definition) is 5. The van der Waals surface area contributed by atoms with Gasteiger partial charge in [0.25, 0.3) is 0 Å². The molecule has 7 heteroatoms. The molecule has 0 amide bonds. The first kappa shape index (κ1) is 9.72. The molecule has 0 aromatic carbocycles. The molecule has 2 aromatic rings. The fraction of sp³-hybridized carbons (Fsp3) is 0.125. The van der Waals surface area contributed by atoms with E-state index in [0.717, 1.165) is 0 Å². The highest BCUT2D eigenvalue weighted by Gasteiger charge is 2.07. The number of halogens is 1. The number of anilines is 3. The molecule has 3 N–H and O–H groups in total. The number of rotatable bonds is 2. The zero-order chi connectivity index (χ0) is 10.8. The van der Waals surface area contributed by atoms with Gasteiger partial charge in [-0.15, -0.1) is 0 Å². The molecule has 0 bridgehead atoms. The van der Waals surface area contributed by atoms with E-state index in [-0.39, 0.29) is 5.82 Å². The van der Waals surface area contributed by atoms with E-state index in [4.69, 9.17) is 17.3 Å². The van der Waals surface area contributed by atoms with Crippen molar-refractivity contribution in [2.24, 2.45) is 7.05 Å². The Balaban J connectivity index is 2.28. The van der Waals surface area contributed by atoms with Crippen molar-refractivity contribution in [3.63, 3.8) is 0 Å². The molecule has 6 nitrogen and oxygen atoms in total. The van der Waals surface area contributed by atoms with Crippen LogP contribution in [0.5, 0.6) is 0 Å². The van der Waals surface area contributed by atoms with E-state index in [2.05, 4.69) is 20.4 Å². The molecule has 0 aliphatic rings. The second-order valence-corrected chi connectivity index (χ2v) is 3.30. The summed E-state index contributed by atoms with van der Waals surface area (Å²) in [5.41, 5.74) is 5.53. The van der Waals surface area contributed by atoms with Gasteiger partial charge in [0.15, 0.2) is 11.6 Å². The number of nitrogens with two attached hydrogens (primary N) is 1. The average molecular weight is 225 g/mol. The lowest BCUT2D eigenvalue weighted by Gasteiger charge is -2.04. The van der Waals surface area contributed by atoms with Crippen LogP contribution in [0.3, 0.4) is 0 Å². The van der Waals surface area contributed by atoms with E-state index >= 15 is 0 Å². The molecule has 0 radical (unpaired) electrons. The number of nitrogen functional groups attached to an aromatic ring is 1. The summed E-state index contributed by atoms with van der Waals surface area (Å²) in [4.78, 5) is 7.72. The minimum Gasteiger partial charge on any atom is -0.382 e. The van der Waals surface area contributed by atoms with Gasteiger partial charge in [-0.25, -0.2) is 9.97 Å². The monoisotopic (exact) mass is 224 g/mol. The van der Waals surface area contributed by atoms with Gasteiger partial charge in [-0.05, 0) is 0 Å². The minimum absolute atomic E-state index is 0.241. The van der Waals surface area contributed by atoms with Crippen molar-refractivity contribution in [3.8, 4) is 0 Å². The first-order valence-corrected chi connectivity index (χ1v) is 4.57. The summed E-state index contributed by atoms with van der Waals surface area (Å²) in [6.45, 7) is 0. The van der Waals surface area contributed by atoms with Crippen LogP contribution in [0.25, 0.3) is 0 Å². The van der Waals surface area contributed by atoms with Gasteiger partial charge in [0, 0.05) is 19.3 Å². The third-order valence-electron chi connectivity index (χ3n) is 1.78. The molecule has 2 rings (SSSR count). The number of nitrogens with one attached hydrogen (secondary N) is 1. The van der Waals surface area contributed by atoms with Crippen molar-refractivity contribution < 1.29 is 0 Å². The van der Waals surface area contributed by atoms with E-state index in [9.17, 15) is 0 Å². The van der Waals surface area contributed by atoms with Gasteiger partial charge < -0.3 is 11.1 Å². The lowest BCUT2D eigenvalue weighted by atomic mass is 10.5. The Bertz CT molecular complexity index is 480. The maximum Gasteiger partial charge on any atom is 0.156 e. The number of hydrogen-bond donors (Lipinski definition) is 2. The van der Waals surface area contributed by atoms with Crippen LogP contribution in [0.2, 0.25) is 5.02 Å². The second-order valence-electron chi connectivity index (χ2n) is 2.92. The molecule has 0 aliphatic carbocycles. The third-order valence-corrected chi connectivity index (χ3v) is 2.15. The summed E-state index contributed by atoms with van der Waals surface area (Å²) >= 11 is 5.90. The molecule has 0 spiro atoms. The lowest BCUT2D eigenvalue weighted by molar-refractivity contribution is 0.771. The quantitative estimate of drug-likeness (QED) is 0.801. The summed E-state index contributed by atoms with van der Waals surface area (Å²) < 4.78 is 1.67. The maximum absolute atomic E-state index is 5.90. The fourth-order valence-corrected chi connectivity index (χ4v) is 1.22. The van der Waals surface area contributed by atoms with Crippen molar-refractivity contribution in [1.29, 1.82) is 0 Å². The molecule has 2 heterocycles. The standard InChI is InChI=1S/C8H9ClN6/c1-15-3-2-5(14-15)13-8-6(9)7(10)11-4-12-8/h2-4H,1H3,(H3,10,11,12,13,14). The van der Waals surface area contributed by atoms with E-state index in [1.165, 1.54) is 6.33 Å². The highest BCUT2D eigenvalue weighted by molar-refractivity contribution is 6.35. The summed E-state index contributed by atoms with van der Waals surface area (Å²) in [5.74, 6) is 1.34. The maximum atomic E-state index is 5.90. The van der Waals surface area contributed by atoms with E-state index in [1.54, 1.807) is 16.9 Å². The van der Waals surface area contributed by atoms with Crippen LogP contribution < -0.4 is 11.1 Å². The predicted octanol–water partition coefficient (Wildman–Crippen LogP) is 1.19. The Morgan fingerprint density at radius 2 is 2.27 bits per heavy atom. The Labute approximate surface area is 91.1 Å². The minimum atomic E-state index is 0.241. The van der Waals surface area contributed by atoms with Crippen molar-refractivity contribution >= 4 is 29.1 Å². The zero-order valence-electron chi connectivity index (χ0n) is 7.98. The molecule has 2 aromatic heterocycles. The van der Waals surface area contributed by atoms with Gasteiger partial charge >= 0.3 is 0 Å². The molecule has 78 valence electrons. The summed E-state index contributed by atoms with van der Waals surface area (Å²) in [5, 5.41) is 7.36. The van der Waals surface area contributed by atoms with Crippen molar-refractivity contribution in [2.45, 2.75) is 0 Å². The highest BCUT2D eigenvalue weighted by Crippen LogP contribution is 2.25. The van der Waals surface area contributed by atoms with Crippen LogP contribution in [0.1, 0.15) is 0 Å². The van der Waals surface area contributed by atoms with Crippen LogP contribution in [0, 0.1) is 0 Å². The SMILES string of the molecule is Cn1ccc(Nc2ncnc(N)c2Cl)n1. The van der Waals surface area contributed by atoms with Crippen LogP contribution in [-0.4, -0.2) is 19.7 Å². The summed E-state index contributed by atoms with van der Waals surface area (Å²) in [6, 6.07) is 1.80. The lowest BCUT2D eigenvalue weighted by Crippen LogP contribution is -2.00. The van der Waals surface area contributed by atoms with Gasteiger partial charge in [0.2, 0.25) is 0 Å². The van der Waals surface area contributed by atoms with Gasteiger partial charge in [-0.1, -0.05) is 11.6 Å². The van der Waals surface area contributed by atoms with Crippen molar-refractivity contribution in [2.75, 3.05) is 11.1 Å². The van der Waals surface area contributed by atoms with Gasteiger partial charge in [-0.3, -0.25) is 4.68 Å². The van der Waals surface area contributed by atoms with Crippen LogP contribution in [-0.2, 0) is 7.05 Å². The third kappa shape index (κ3) is 1.99. The molecule has 0 aliphatic heterocycles.